The van der Waals surface area contributed by atoms with Crippen molar-refractivity contribution in [2.24, 2.45) is 0 Å². The third-order valence-corrected chi connectivity index (χ3v) is 4.10. The van der Waals surface area contributed by atoms with Crippen LogP contribution in [0.15, 0.2) is 17.4 Å². The minimum Gasteiger partial charge on any atom is -0.281 e. The molecule has 2 N–H and O–H groups in total. The van der Waals surface area contributed by atoms with Crippen LogP contribution in [0, 0.1) is 6.92 Å². The molecule has 0 spiro atoms. The first-order chi connectivity index (χ1) is 8.42. The number of aryl methyl sites for hydroxylation is 1. The topological polar surface area (TPSA) is 101 Å². The van der Waals surface area contributed by atoms with Crippen molar-refractivity contribution < 1.29 is 8.42 Å². The van der Waals surface area contributed by atoms with E-state index in [2.05, 4.69) is 24.9 Å². The minimum absolute atomic E-state index is 0.00140. The molecule has 0 aromatic carbocycles. The summed E-state index contributed by atoms with van der Waals surface area (Å²) in [7, 11) is -3.84. The molecule has 2 aromatic heterocycles. The van der Waals surface area contributed by atoms with E-state index in [0.29, 0.717) is 5.69 Å². The van der Waals surface area contributed by atoms with Crippen LogP contribution in [-0.4, -0.2) is 28.6 Å². The highest BCUT2D eigenvalue weighted by Crippen LogP contribution is 2.28. The molecule has 2 heterocycles. The summed E-state index contributed by atoms with van der Waals surface area (Å²) in [6, 6.07) is 0. The molecule has 0 saturated carbocycles. The van der Waals surface area contributed by atoms with Gasteiger partial charge in [-0.25, -0.2) is 18.4 Å². The smallest absolute Gasteiger partial charge is 0.265 e. The molecule has 0 fully saturated rings. The molecule has 0 bridgehead atoms. The van der Waals surface area contributed by atoms with E-state index < -0.39 is 10.0 Å². The fourth-order valence-corrected chi connectivity index (χ4v) is 2.96. The van der Waals surface area contributed by atoms with Gasteiger partial charge in [0, 0.05) is 0 Å². The second-order valence-electron chi connectivity index (χ2n) is 3.30. The number of aromatic amines is 1. The number of aromatic nitrogens is 4. The molecule has 96 valence electrons. The normalized spacial score (nSPS) is 11.5. The molecule has 0 atom stereocenters. The van der Waals surface area contributed by atoms with Crippen LogP contribution in [0.25, 0.3) is 0 Å². The number of hydrogen-bond acceptors (Lipinski definition) is 5. The zero-order valence-corrected chi connectivity index (χ0v) is 11.3. The summed E-state index contributed by atoms with van der Waals surface area (Å²) in [6.45, 7) is 1.58. The standard InChI is InChI=1S/C8H7Cl2N5O2S/c1-4-5(2-13-14-4)18(16,17)15-6-7(9)11-3-12-8(6)10/h2-3,15H,1H3,(H,13,14). The molecule has 10 heteroatoms. The molecule has 7 nitrogen and oxygen atoms in total. The molecule has 0 aliphatic carbocycles. The summed E-state index contributed by atoms with van der Waals surface area (Å²) in [5, 5.41) is 5.99. The van der Waals surface area contributed by atoms with Crippen LogP contribution in [0.1, 0.15) is 5.69 Å². The lowest BCUT2D eigenvalue weighted by atomic mass is 10.5. The molecule has 18 heavy (non-hydrogen) atoms. The number of halogens is 2. The fraction of sp³-hybridized carbons (Fsp3) is 0.125. The van der Waals surface area contributed by atoms with Crippen molar-refractivity contribution in [2.45, 2.75) is 11.8 Å². The van der Waals surface area contributed by atoms with Crippen LogP contribution in [0.2, 0.25) is 10.3 Å². The van der Waals surface area contributed by atoms with Crippen LogP contribution in [0.3, 0.4) is 0 Å². The Bertz CT molecular complexity index is 664. The van der Waals surface area contributed by atoms with Crippen molar-refractivity contribution in [1.82, 2.24) is 20.2 Å². The quantitative estimate of drug-likeness (QED) is 0.839. The van der Waals surface area contributed by atoms with Gasteiger partial charge in [0.15, 0.2) is 10.3 Å². The largest absolute Gasteiger partial charge is 0.281 e. The highest BCUT2D eigenvalue weighted by molar-refractivity contribution is 7.92. The SMILES string of the molecule is Cc1[nH]ncc1S(=O)(=O)Nc1c(Cl)ncnc1Cl. The summed E-state index contributed by atoms with van der Waals surface area (Å²) < 4.78 is 26.3. The zero-order valence-electron chi connectivity index (χ0n) is 8.98. The Morgan fingerprint density at radius 2 is 1.89 bits per heavy atom. The summed E-state index contributed by atoms with van der Waals surface area (Å²) in [5.41, 5.74) is 0.327. The fourth-order valence-electron chi connectivity index (χ4n) is 1.23. The Morgan fingerprint density at radius 3 is 2.39 bits per heavy atom. The Balaban J connectivity index is 2.44. The van der Waals surface area contributed by atoms with E-state index in [-0.39, 0.29) is 20.9 Å². The van der Waals surface area contributed by atoms with Crippen LogP contribution < -0.4 is 4.72 Å². The van der Waals surface area contributed by atoms with Gasteiger partial charge in [-0.1, -0.05) is 23.2 Å². The zero-order chi connectivity index (χ0) is 13.3. The van der Waals surface area contributed by atoms with Crippen molar-refractivity contribution in [3.05, 3.63) is 28.5 Å². The Morgan fingerprint density at radius 1 is 1.28 bits per heavy atom. The van der Waals surface area contributed by atoms with Crippen LogP contribution >= 0.6 is 23.2 Å². The van der Waals surface area contributed by atoms with Gasteiger partial charge in [0.2, 0.25) is 0 Å². The Labute approximate surface area is 113 Å². The molecule has 2 rings (SSSR count). The van der Waals surface area contributed by atoms with Gasteiger partial charge in [0.1, 0.15) is 16.9 Å². The predicted octanol–water partition coefficient (Wildman–Crippen LogP) is 1.62. The van der Waals surface area contributed by atoms with Gasteiger partial charge in [-0.05, 0) is 6.92 Å². The minimum atomic E-state index is -3.84. The van der Waals surface area contributed by atoms with Gasteiger partial charge in [0.25, 0.3) is 10.0 Å². The van der Waals surface area contributed by atoms with Gasteiger partial charge in [-0.2, -0.15) is 5.10 Å². The highest BCUT2D eigenvalue weighted by Gasteiger charge is 2.22. The maximum absolute atomic E-state index is 12.0. The summed E-state index contributed by atoms with van der Waals surface area (Å²) in [5.74, 6) is 0. The molecule has 0 unspecified atom stereocenters. The molecule has 0 aliphatic heterocycles. The van der Waals surface area contributed by atoms with Crippen LogP contribution in [0.5, 0.6) is 0 Å². The second kappa shape index (κ2) is 4.71. The van der Waals surface area contributed by atoms with Crippen LogP contribution in [0.4, 0.5) is 5.69 Å². The molecular formula is C8H7Cl2N5O2S. The lowest BCUT2D eigenvalue weighted by Gasteiger charge is -2.08. The van der Waals surface area contributed by atoms with Gasteiger partial charge in [-0.3, -0.25) is 9.82 Å². The summed E-state index contributed by atoms with van der Waals surface area (Å²) in [4.78, 5) is 7.29. The van der Waals surface area contributed by atoms with Gasteiger partial charge in [0.05, 0.1) is 11.9 Å². The average Bonchev–Trinajstić information content (AvgIpc) is 2.71. The molecule has 2 aromatic rings. The van der Waals surface area contributed by atoms with Crippen molar-refractivity contribution in [3.63, 3.8) is 0 Å². The number of nitrogens with zero attached hydrogens (tertiary/aromatic N) is 3. The first-order valence-corrected chi connectivity index (χ1v) is 6.84. The lowest BCUT2D eigenvalue weighted by Crippen LogP contribution is -2.14. The van der Waals surface area contributed by atoms with E-state index in [1.54, 1.807) is 6.92 Å². The van der Waals surface area contributed by atoms with Gasteiger partial charge < -0.3 is 0 Å². The van der Waals surface area contributed by atoms with E-state index in [0.717, 1.165) is 6.33 Å². The maximum Gasteiger partial charge on any atom is 0.265 e. The number of rotatable bonds is 3. The van der Waals surface area contributed by atoms with E-state index in [4.69, 9.17) is 23.2 Å². The van der Waals surface area contributed by atoms with Crippen LogP contribution in [-0.2, 0) is 10.0 Å². The van der Waals surface area contributed by atoms with Crippen molar-refractivity contribution in [3.8, 4) is 0 Å². The molecule has 0 aliphatic rings. The van der Waals surface area contributed by atoms with Crippen molar-refractivity contribution >= 4 is 38.9 Å². The predicted molar refractivity (Wildman–Crippen MR) is 66.2 cm³/mol. The van der Waals surface area contributed by atoms with E-state index >= 15 is 0 Å². The number of hydrogen-bond donors (Lipinski definition) is 2. The van der Waals surface area contributed by atoms with Crippen molar-refractivity contribution in [2.75, 3.05) is 4.72 Å². The van der Waals surface area contributed by atoms with Crippen molar-refractivity contribution in [1.29, 1.82) is 0 Å². The van der Waals surface area contributed by atoms with Gasteiger partial charge in [-0.15, -0.1) is 0 Å². The first kappa shape index (κ1) is 13.1. The molecular weight excluding hydrogens is 301 g/mol. The number of sulfonamides is 1. The highest BCUT2D eigenvalue weighted by atomic mass is 35.5. The second-order valence-corrected chi connectivity index (χ2v) is 5.66. The maximum atomic E-state index is 12.0. The summed E-state index contributed by atoms with van der Waals surface area (Å²) in [6.07, 6.45) is 2.31. The average molecular weight is 308 g/mol. The third-order valence-electron chi connectivity index (χ3n) is 2.06. The molecule has 0 saturated heterocycles. The number of H-pyrrole nitrogens is 1. The Kier molecular flexibility index (Phi) is 3.42. The number of nitrogens with one attached hydrogen (secondary N) is 2. The third kappa shape index (κ3) is 2.40. The first-order valence-electron chi connectivity index (χ1n) is 4.60. The summed E-state index contributed by atoms with van der Waals surface area (Å²) >= 11 is 11.5. The van der Waals surface area contributed by atoms with Gasteiger partial charge >= 0.3 is 0 Å². The molecule has 0 amide bonds. The lowest BCUT2D eigenvalue weighted by molar-refractivity contribution is 0.600. The van der Waals surface area contributed by atoms with E-state index in [1.165, 1.54) is 6.20 Å². The van der Waals surface area contributed by atoms with E-state index in [1.807, 2.05) is 0 Å². The van der Waals surface area contributed by atoms with E-state index in [9.17, 15) is 8.42 Å². The molecule has 0 radical (unpaired) electrons. The monoisotopic (exact) mass is 307 g/mol. The Hall–Kier alpha value is -1.38. The number of anilines is 1.